The first-order valence-electron chi connectivity index (χ1n) is 11.6. The van der Waals surface area contributed by atoms with Gasteiger partial charge in [-0.1, -0.05) is 53.8 Å². The number of rotatable bonds is 3. The highest BCUT2D eigenvalue weighted by Crippen LogP contribution is 2.45. The third-order valence-electron chi connectivity index (χ3n) is 7.06. The summed E-state index contributed by atoms with van der Waals surface area (Å²) in [6, 6.07) is 12.2. The van der Waals surface area contributed by atoms with Gasteiger partial charge >= 0.3 is 0 Å². The molecule has 168 valence electrons. The quantitative estimate of drug-likeness (QED) is 0.311. The lowest BCUT2D eigenvalue weighted by Gasteiger charge is -2.31. The Morgan fingerprint density at radius 3 is 2.65 bits per heavy atom. The molecule has 3 nitrogen and oxygen atoms in total. The molecule has 1 atom stereocenters. The molecule has 3 aliphatic carbocycles. The number of carbonyl (C=O) groups excluding carboxylic acids is 1. The molecular formula is C29H23FN2OS. The number of carbonyl (C=O) groups is 1. The molecule has 2 aromatic carbocycles. The van der Waals surface area contributed by atoms with Gasteiger partial charge in [0.15, 0.2) is 10.9 Å². The zero-order chi connectivity index (χ0) is 23.2. The predicted octanol–water partition coefficient (Wildman–Crippen LogP) is 6.91. The van der Waals surface area contributed by atoms with Crippen molar-refractivity contribution in [1.29, 1.82) is 0 Å². The van der Waals surface area contributed by atoms with Crippen LogP contribution >= 0.6 is 11.8 Å². The summed E-state index contributed by atoms with van der Waals surface area (Å²) in [5.74, 6) is -0.822. The number of hydrogen-bond acceptors (Lipinski definition) is 4. The fourth-order valence-electron chi connectivity index (χ4n) is 5.44. The molecule has 1 aromatic heterocycles. The number of allylic oxidation sites excluding steroid dienone is 5. The molecule has 0 aliphatic heterocycles. The zero-order valence-electron chi connectivity index (χ0n) is 18.8. The van der Waals surface area contributed by atoms with Gasteiger partial charge in [-0.3, -0.25) is 4.79 Å². The van der Waals surface area contributed by atoms with Crippen LogP contribution in [0, 0.1) is 5.82 Å². The summed E-state index contributed by atoms with van der Waals surface area (Å²) >= 11 is 1.47. The number of benzene rings is 2. The van der Waals surface area contributed by atoms with Crippen molar-refractivity contribution in [3.63, 3.8) is 0 Å². The maximum atomic E-state index is 14.0. The van der Waals surface area contributed by atoms with Crippen molar-refractivity contribution in [2.24, 2.45) is 0 Å². The average molecular weight is 467 g/mol. The fourth-order valence-corrected chi connectivity index (χ4v) is 5.79. The number of Topliss-reactive ketones (excluding diaryl/α,β-unsaturated/α-hetero) is 1. The Hall–Kier alpha value is -3.31. The molecule has 3 aromatic rings. The molecule has 0 N–H and O–H groups in total. The van der Waals surface area contributed by atoms with Gasteiger partial charge in [0.25, 0.3) is 0 Å². The number of aromatic nitrogens is 2. The highest BCUT2D eigenvalue weighted by molar-refractivity contribution is 7.98. The summed E-state index contributed by atoms with van der Waals surface area (Å²) in [5.41, 5.74) is 9.41. The molecule has 1 unspecified atom stereocenters. The first-order chi connectivity index (χ1) is 16.6. The molecule has 0 bridgehead atoms. The molecule has 1 heterocycles. The lowest BCUT2D eigenvalue weighted by Crippen LogP contribution is -2.22. The van der Waals surface area contributed by atoms with Gasteiger partial charge < -0.3 is 0 Å². The third kappa shape index (κ3) is 3.46. The molecule has 6 rings (SSSR count). The number of ketones is 1. The molecule has 0 spiro atoms. The van der Waals surface area contributed by atoms with Crippen LogP contribution in [0.2, 0.25) is 0 Å². The molecule has 0 amide bonds. The number of fused-ring (bicyclic) bond motifs is 4. The van der Waals surface area contributed by atoms with E-state index in [1.165, 1.54) is 46.2 Å². The number of thioether (sulfide) groups is 1. The van der Waals surface area contributed by atoms with Crippen LogP contribution in [0.15, 0.2) is 71.5 Å². The van der Waals surface area contributed by atoms with Crippen LogP contribution in [0.25, 0.3) is 17.2 Å². The van der Waals surface area contributed by atoms with E-state index in [0.717, 1.165) is 53.6 Å². The lowest BCUT2D eigenvalue weighted by atomic mass is 9.72. The molecule has 0 saturated heterocycles. The van der Waals surface area contributed by atoms with E-state index >= 15 is 0 Å². The molecule has 0 fully saturated rings. The zero-order valence-corrected chi connectivity index (χ0v) is 19.7. The Balaban J connectivity index is 1.58. The van der Waals surface area contributed by atoms with Gasteiger partial charge in [0.2, 0.25) is 0 Å². The molecule has 0 radical (unpaired) electrons. The van der Waals surface area contributed by atoms with E-state index in [9.17, 15) is 9.18 Å². The fraction of sp³-hybridized carbons (Fsp3) is 0.207. The van der Waals surface area contributed by atoms with Crippen LogP contribution in [0.4, 0.5) is 4.39 Å². The summed E-state index contributed by atoms with van der Waals surface area (Å²) in [6.07, 6.45) is 14.5. The highest BCUT2D eigenvalue weighted by Gasteiger charge is 2.35. The minimum Gasteiger partial charge on any atom is -0.293 e. The topological polar surface area (TPSA) is 42.9 Å². The summed E-state index contributed by atoms with van der Waals surface area (Å²) in [6.45, 7) is 0. The van der Waals surface area contributed by atoms with Gasteiger partial charge in [0.1, 0.15) is 5.82 Å². The molecule has 5 heteroatoms. The van der Waals surface area contributed by atoms with Crippen molar-refractivity contribution in [3.8, 4) is 0 Å². The van der Waals surface area contributed by atoms with Gasteiger partial charge in [0.05, 0.1) is 11.6 Å². The summed E-state index contributed by atoms with van der Waals surface area (Å²) in [5, 5.41) is 0.659. The Morgan fingerprint density at radius 2 is 1.82 bits per heavy atom. The van der Waals surface area contributed by atoms with Gasteiger partial charge in [-0.2, -0.15) is 0 Å². The van der Waals surface area contributed by atoms with Crippen molar-refractivity contribution < 1.29 is 9.18 Å². The van der Waals surface area contributed by atoms with Gasteiger partial charge in [-0.15, -0.1) is 0 Å². The van der Waals surface area contributed by atoms with Crippen LogP contribution in [0.1, 0.15) is 63.5 Å². The minimum atomic E-state index is -0.538. The Kier molecular flexibility index (Phi) is 5.30. The third-order valence-corrected chi connectivity index (χ3v) is 7.62. The van der Waals surface area contributed by atoms with Crippen molar-refractivity contribution in [3.05, 3.63) is 106 Å². The number of hydrogen-bond donors (Lipinski definition) is 0. The van der Waals surface area contributed by atoms with Crippen LogP contribution in [-0.4, -0.2) is 22.0 Å². The number of halogens is 1. The van der Waals surface area contributed by atoms with E-state index in [4.69, 9.17) is 4.98 Å². The van der Waals surface area contributed by atoms with E-state index in [1.54, 1.807) is 18.3 Å². The monoisotopic (exact) mass is 466 g/mol. The molecular weight excluding hydrogens is 443 g/mol. The van der Waals surface area contributed by atoms with E-state index < -0.39 is 5.92 Å². The van der Waals surface area contributed by atoms with E-state index in [1.807, 2.05) is 18.4 Å². The Bertz CT molecular complexity index is 1420. The van der Waals surface area contributed by atoms with Crippen LogP contribution in [0.3, 0.4) is 0 Å². The molecule has 34 heavy (non-hydrogen) atoms. The Labute approximate surface area is 202 Å². The summed E-state index contributed by atoms with van der Waals surface area (Å²) in [7, 11) is 0. The number of nitrogens with zero attached hydrogens (tertiary/aromatic N) is 2. The molecule has 3 aliphatic rings. The predicted molar refractivity (Wildman–Crippen MR) is 135 cm³/mol. The van der Waals surface area contributed by atoms with Crippen LogP contribution in [0.5, 0.6) is 0 Å². The maximum Gasteiger partial charge on any atom is 0.187 e. The van der Waals surface area contributed by atoms with E-state index in [-0.39, 0.29) is 11.6 Å². The Morgan fingerprint density at radius 1 is 1.00 bits per heavy atom. The SMILES string of the molecule is CSc1nccc(C2=Cc3c(ccc4c3CCC3=C4C=CCC3)C(=O)C2c2ccc(F)cc2)n1. The smallest absolute Gasteiger partial charge is 0.187 e. The first-order valence-corrected chi connectivity index (χ1v) is 12.8. The van der Waals surface area contributed by atoms with Gasteiger partial charge in [0, 0.05) is 11.8 Å². The summed E-state index contributed by atoms with van der Waals surface area (Å²) < 4.78 is 13.7. The van der Waals surface area contributed by atoms with E-state index in [0.29, 0.717) is 5.16 Å². The van der Waals surface area contributed by atoms with Gasteiger partial charge in [-0.05, 0) is 89.6 Å². The largest absolute Gasteiger partial charge is 0.293 e. The minimum absolute atomic E-state index is 0.0326. The maximum absolute atomic E-state index is 14.0. The second-order valence-electron chi connectivity index (χ2n) is 8.89. The van der Waals surface area contributed by atoms with Crippen molar-refractivity contribution in [1.82, 2.24) is 9.97 Å². The average Bonchev–Trinajstić information content (AvgIpc) is 2.89. The normalized spacial score (nSPS) is 18.8. The van der Waals surface area contributed by atoms with Crippen LogP contribution in [-0.2, 0) is 6.42 Å². The molecule has 0 saturated carbocycles. The van der Waals surface area contributed by atoms with Crippen molar-refractivity contribution >= 4 is 34.8 Å². The van der Waals surface area contributed by atoms with E-state index in [2.05, 4.69) is 29.3 Å². The standard InChI is InChI=1S/C29H23FN2OS/c1-34-29-31-15-14-26(32-29)25-16-24-22-11-8-17-4-2-3-5-20(17)21(22)12-13-23(24)28(33)27(25)18-6-9-19(30)10-7-18/h3,5-7,9-10,12-16,27H,2,4,8,11H2,1H3. The lowest BCUT2D eigenvalue weighted by molar-refractivity contribution is 0.0978. The van der Waals surface area contributed by atoms with Crippen molar-refractivity contribution in [2.75, 3.05) is 6.26 Å². The summed E-state index contributed by atoms with van der Waals surface area (Å²) in [4.78, 5) is 23.0. The van der Waals surface area contributed by atoms with Crippen molar-refractivity contribution in [2.45, 2.75) is 36.8 Å². The van der Waals surface area contributed by atoms with Gasteiger partial charge in [-0.25, -0.2) is 14.4 Å². The van der Waals surface area contributed by atoms with Crippen LogP contribution < -0.4 is 0 Å². The first kappa shape index (κ1) is 21.2. The second kappa shape index (κ2) is 8.48. The highest BCUT2D eigenvalue weighted by atomic mass is 32.2. The second-order valence-corrected chi connectivity index (χ2v) is 9.66.